The lowest BCUT2D eigenvalue weighted by Crippen LogP contribution is -2.53. The third kappa shape index (κ3) is 8.28. The Morgan fingerprint density at radius 1 is 1.03 bits per heavy atom. The SMILES string of the molecule is CCCNC(=O)C(Cc1ccccc1)N(Cc1ccccc1F)C(=O)CN(c1ccc(Cl)cc1C)S(C)(=O)=O. The van der Waals surface area contributed by atoms with Gasteiger partial charge in [-0.05, 0) is 48.7 Å². The molecule has 0 fully saturated rings. The standard InChI is InChI=1S/C29H33ClFN3O4S/c1-4-16-32-29(36)27(18-22-10-6-5-7-11-22)33(19-23-12-8-9-13-25(23)31)28(35)20-34(39(3,37)38)26-15-14-24(30)17-21(26)2/h5-15,17,27H,4,16,18-20H2,1-3H3,(H,32,36). The van der Waals surface area contributed by atoms with Crippen molar-refractivity contribution in [3.8, 4) is 0 Å². The number of carbonyl (C=O) groups excluding carboxylic acids is 2. The second-order valence-electron chi connectivity index (χ2n) is 9.31. The summed E-state index contributed by atoms with van der Waals surface area (Å²) >= 11 is 6.07. The van der Waals surface area contributed by atoms with Gasteiger partial charge in [-0.1, -0.05) is 67.1 Å². The lowest BCUT2D eigenvalue weighted by Gasteiger charge is -2.34. The Labute approximate surface area is 234 Å². The molecule has 0 saturated carbocycles. The van der Waals surface area contributed by atoms with Crippen molar-refractivity contribution in [3.63, 3.8) is 0 Å². The number of sulfonamides is 1. The number of hydrogen-bond donors (Lipinski definition) is 1. The molecule has 0 bridgehead atoms. The molecular weight excluding hydrogens is 541 g/mol. The molecule has 3 rings (SSSR count). The number of aryl methyl sites for hydroxylation is 1. The molecule has 1 atom stereocenters. The number of benzene rings is 3. The molecule has 0 spiro atoms. The van der Waals surface area contributed by atoms with Crippen molar-refractivity contribution in [3.05, 3.63) is 100 Å². The fraction of sp³-hybridized carbons (Fsp3) is 0.310. The van der Waals surface area contributed by atoms with Crippen LogP contribution in [-0.2, 0) is 32.6 Å². The van der Waals surface area contributed by atoms with Gasteiger partial charge in [0.15, 0.2) is 0 Å². The van der Waals surface area contributed by atoms with E-state index < -0.39 is 40.2 Å². The Kier molecular flexibility index (Phi) is 10.5. The van der Waals surface area contributed by atoms with Crippen LogP contribution in [0, 0.1) is 12.7 Å². The van der Waals surface area contributed by atoms with Crippen LogP contribution in [0.4, 0.5) is 10.1 Å². The number of nitrogens with zero attached hydrogens (tertiary/aromatic N) is 2. The second kappa shape index (κ2) is 13.6. The highest BCUT2D eigenvalue weighted by Gasteiger charge is 2.33. The van der Waals surface area contributed by atoms with Crippen molar-refractivity contribution in [2.75, 3.05) is 23.7 Å². The van der Waals surface area contributed by atoms with Crippen LogP contribution in [0.5, 0.6) is 0 Å². The molecule has 39 heavy (non-hydrogen) atoms. The molecular formula is C29H33ClFN3O4S. The molecule has 208 valence electrons. The molecule has 0 aliphatic carbocycles. The summed E-state index contributed by atoms with van der Waals surface area (Å²) < 4.78 is 41.5. The average molecular weight is 574 g/mol. The Balaban J connectivity index is 2.07. The van der Waals surface area contributed by atoms with Crippen molar-refractivity contribution in [2.24, 2.45) is 0 Å². The summed E-state index contributed by atoms with van der Waals surface area (Å²) in [6.07, 6.45) is 1.85. The first-order valence-electron chi connectivity index (χ1n) is 12.6. The van der Waals surface area contributed by atoms with E-state index in [0.29, 0.717) is 23.6 Å². The van der Waals surface area contributed by atoms with E-state index in [1.807, 2.05) is 37.3 Å². The molecule has 0 radical (unpaired) electrons. The lowest BCUT2D eigenvalue weighted by atomic mass is 10.0. The fourth-order valence-corrected chi connectivity index (χ4v) is 5.36. The third-order valence-corrected chi connectivity index (χ3v) is 7.59. The minimum atomic E-state index is -3.91. The summed E-state index contributed by atoms with van der Waals surface area (Å²) in [6, 6.07) is 18.8. The maximum Gasteiger partial charge on any atom is 0.244 e. The summed E-state index contributed by atoms with van der Waals surface area (Å²) in [5.41, 5.74) is 1.86. The smallest absolute Gasteiger partial charge is 0.244 e. The van der Waals surface area contributed by atoms with E-state index in [0.717, 1.165) is 16.1 Å². The number of halogens is 2. The predicted octanol–water partition coefficient (Wildman–Crippen LogP) is 4.72. The number of hydrogen-bond acceptors (Lipinski definition) is 4. The summed E-state index contributed by atoms with van der Waals surface area (Å²) in [4.78, 5) is 28.7. The largest absolute Gasteiger partial charge is 0.354 e. The molecule has 0 saturated heterocycles. The van der Waals surface area contributed by atoms with Crippen molar-refractivity contribution in [1.82, 2.24) is 10.2 Å². The van der Waals surface area contributed by atoms with E-state index in [1.54, 1.807) is 25.1 Å². The zero-order valence-electron chi connectivity index (χ0n) is 22.2. The molecule has 3 aromatic carbocycles. The van der Waals surface area contributed by atoms with Crippen molar-refractivity contribution in [1.29, 1.82) is 0 Å². The lowest BCUT2D eigenvalue weighted by molar-refractivity contribution is -0.140. The summed E-state index contributed by atoms with van der Waals surface area (Å²) in [5, 5.41) is 3.27. The van der Waals surface area contributed by atoms with Crippen LogP contribution < -0.4 is 9.62 Å². The molecule has 2 amide bonds. The first-order chi connectivity index (χ1) is 18.5. The van der Waals surface area contributed by atoms with E-state index in [2.05, 4.69) is 5.32 Å². The van der Waals surface area contributed by atoms with Gasteiger partial charge in [0.25, 0.3) is 0 Å². The molecule has 3 aromatic rings. The van der Waals surface area contributed by atoms with Crippen molar-refractivity contribution < 1.29 is 22.4 Å². The Morgan fingerprint density at radius 3 is 2.31 bits per heavy atom. The number of anilines is 1. The summed E-state index contributed by atoms with van der Waals surface area (Å²) in [5.74, 6) is -1.58. The van der Waals surface area contributed by atoms with Crippen LogP contribution in [0.25, 0.3) is 0 Å². The average Bonchev–Trinajstić information content (AvgIpc) is 2.89. The van der Waals surface area contributed by atoms with Crippen LogP contribution in [-0.4, -0.2) is 50.5 Å². The second-order valence-corrected chi connectivity index (χ2v) is 11.7. The normalized spacial score (nSPS) is 12.0. The predicted molar refractivity (Wildman–Crippen MR) is 153 cm³/mol. The third-order valence-electron chi connectivity index (χ3n) is 6.23. The summed E-state index contributed by atoms with van der Waals surface area (Å²) in [6.45, 7) is 3.19. The van der Waals surface area contributed by atoms with Crippen molar-refractivity contribution >= 4 is 39.1 Å². The fourth-order valence-electron chi connectivity index (χ4n) is 4.22. The van der Waals surface area contributed by atoms with Gasteiger partial charge in [-0.25, -0.2) is 12.8 Å². The number of carbonyl (C=O) groups is 2. The van der Waals surface area contributed by atoms with Crippen LogP contribution in [0.3, 0.4) is 0 Å². The number of nitrogens with one attached hydrogen (secondary N) is 1. The van der Waals surface area contributed by atoms with Crippen molar-refractivity contribution in [2.45, 2.75) is 39.3 Å². The highest BCUT2D eigenvalue weighted by atomic mass is 35.5. The first-order valence-corrected chi connectivity index (χ1v) is 14.8. The highest BCUT2D eigenvalue weighted by molar-refractivity contribution is 7.92. The van der Waals surface area contributed by atoms with Gasteiger partial charge in [0, 0.05) is 30.1 Å². The quantitative estimate of drug-likeness (QED) is 0.340. The van der Waals surface area contributed by atoms with Gasteiger partial charge in [0.1, 0.15) is 18.4 Å². The van der Waals surface area contributed by atoms with Gasteiger partial charge in [0.05, 0.1) is 11.9 Å². The number of rotatable bonds is 12. The minimum absolute atomic E-state index is 0.162. The molecule has 0 heterocycles. The highest BCUT2D eigenvalue weighted by Crippen LogP contribution is 2.26. The zero-order chi connectivity index (χ0) is 28.6. The maximum atomic E-state index is 14.8. The monoisotopic (exact) mass is 573 g/mol. The van der Waals surface area contributed by atoms with Gasteiger partial charge in [-0.2, -0.15) is 0 Å². The van der Waals surface area contributed by atoms with Crippen LogP contribution >= 0.6 is 11.6 Å². The maximum absolute atomic E-state index is 14.8. The van der Waals surface area contributed by atoms with Crippen LogP contribution in [0.15, 0.2) is 72.8 Å². The number of amides is 2. The van der Waals surface area contributed by atoms with Gasteiger partial charge in [-0.3, -0.25) is 13.9 Å². The van der Waals surface area contributed by atoms with E-state index in [9.17, 15) is 22.4 Å². The molecule has 7 nitrogen and oxygen atoms in total. The van der Waals surface area contributed by atoms with E-state index in [-0.39, 0.29) is 24.2 Å². The molecule has 0 aliphatic rings. The van der Waals surface area contributed by atoms with Crippen LogP contribution in [0.1, 0.15) is 30.0 Å². The van der Waals surface area contributed by atoms with Gasteiger partial charge >= 0.3 is 0 Å². The summed E-state index contributed by atoms with van der Waals surface area (Å²) in [7, 11) is -3.91. The van der Waals surface area contributed by atoms with Gasteiger partial charge in [0.2, 0.25) is 21.8 Å². The molecule has 1 N–H and O–H groups in total. The zero-order valence-corrected chi connectivity index (χ0v) is 23.8. The molecule has 0 aromatic heterocycles. The van der Waals surface area contributed by atoms with E-state index in [4.69, 9.17) is 11.6 Å². The Hall–Kier alpha value is -3.43. The topological polar surface area (TPSA) is 86.8 Å². The first kappa shape index (κ1) is 30.1. The molecule has 10 heteroatoms. The van der Waals surface area contributed by atoms with E-state index in [1.165, 1.54) is 29.2 Å². The molecule has 0 aliphatic heterocycles. The van der Waals surface area contributed by atoms with Crippen LogP contribution in [0.2, 0.25) is 5.02 Å². The Bertz CT molecular complexity index is 1400. The van der Waals surface area contributed by atoms with Gasteiger partial charge in [-0.15, -0.1) is 0 Å². The van der Waals surface area contributed by atoms with Gasteiger partial charge < -0.3 is 10.2 Å². The Morgan fingerprint density at radius 2 is 1.69 bits per heavy atom. The minimum Gasteiger partial charge on any atom is -0.354 e. The molecule has 1 unspecified atom stereocenters. The van der Waals surface area contributed by atoms with E-state index >= 15 is 0 Å².